The molecule has 2 fully saturated rings. The third-order valence-electron chi connectivity index (χ3n) is 5.03. The van der Waals surface area contributed by atoms with E-state index in [4.69, 9.17) is 15.1 Å². The molecule has 2 saturated carbocycles. The minimum atomic E-state index is -0.857. The molecule has 1 atom stereocenters. The Morgan fingerprint density at radius 2 is 1.96 bits per heavy atom. The van der Waals surface area contributed by atoms with E-state index in [1.165, 1.54) is 0 Å². The van der Waals surface area contributed by atoms with Crippen molar-refractivity contribution in [3.05, 3.63) is 41.2 Å². The molecular weight excluding hydrogens is 330 g/mol. The van der Waals surface area contributed by atoms with Gasteiger partial charge in [-0.25, -0.2) is 4.79 Å². The number of carboxylic acid groups (broad SMARTS) is 1. The van der Waals surface area contributed by atoms with Gasteiger partial charge >= 0.3 is 5.97 Å². The zero-order valence-electron chi connectivity index (χ0n) is 14.7. The standard InChI is InChI=1S/C20H21N3O3/c1-2-16(20(24)25)23-18(14-7-8-14)19(17(22-23)13-5-6-13)26-15-9-3-12(11-21)4-10-15/h3-4,9-10,13-14,16H,2,5-8H2,1H3,(H,24,25). The molecule has 0 aliphatic heterocycles. The molecule has 1 unspecified atom stereocenters. The summed E-state index contributed by atoms with van der Waals surface area (Å²) in [4.78, 5) is 11.7. The predicted molar refractivity (Wildman–Crippen MR) is 94.4 cm³/mol. The highest BCUT2D eigenvalue weighted by molar-refractivity contribution is 5.72. The lowest BCUT2D eigenvalue weighted by Gasteiger charge is -2.15. The van der Waals surface area contributed by atoms with Crippen molar-refractivity contribution >= 4 is 5.97 Å². The molecule has 2 aliphatic carbocycles. The van der Waals surface area contributed by atoms with Crippen LogP contribution in [0.1, 0.15) is 73.9 Å². The fraction of sp³-hybridized carbons (Fsp3) is 0.450. The topological polar surface area (TPSA) is 88.1 Å². The second kappa shape index (κ2) is 6.49. The van der Waals surface area contributed by atoms with Crippen LogP contribution in [0.15, 0.2) is 24.3 Å². The molecular formula is C20H21N3O3. The Hall–Kier alpha value is -2.81. The van der Waals surface area contributed by atoms with Crippen LogP contribution in [0.5, 0.6) is 11.5 Å². The van der Waals surface area contributed by atoms with Crippen LogP contribution in [0.25, 0.3) is 0 Å². The minimum absolute atomic E-state index is 0.316. The number of hydrogen-bond acceptors (Lipinski definition) is 4. The maximum atomic E-state index is 11.7. The number of rotatable bonds is 7. The zero-order valence-corrected chi connectivity index (χ0v) is 14.7. The molecule has 1 N–H and O–H groups in total. The van der Waals surface area contributed by atoms with Gasteiger partial charge in [0.05, 0.1) is 17.3 Å². The van der Waals surface area contributed by atoms with E-state index in [9.17, 15) is 9.90 Å². The van der Waals surface area contributed by atoms with Crippen LogP contribution < -0.4 is 4.74 Å². The number of aromatic nitrogens is 2. The molecule has 2 aromatic rings. The maximum Gasteiger partial charge on any atom is 0.328 e. The van der Waals surface area contributed by atoms with Gasteiger partial charge in [0.15, 0.2) is 5.75 Å². The van der Waals surface area contributed by atoms with Gasteiger partial charge in [0, 0.05) is 11.8 Å². The van der Waals surface area contributed by atoms with Crippen molar-refractivity contribution in [2.75, 3.05) is 0 Å². The summed E-state index contributed by atoms with van der Waals surface area (Å²) in [6, 6.07) is 8.43. The quantitative estimate of drug-likeness (QED) is 0.802. The molecule has 6 nitrogen and oxygen atoms in total. The van der Waals surface area contributed by atoms with E-state index in [1.807, 2.05) is 6.92 Å². The first kappa shape index (κ1) is 16.6. The van der Waals surface area contributed by atoms with Crippen molar-refractivity contribution in [1.82, 2.24) is 9.78 Å². The summed E-state index contributed by atoms with van der Waals surface area (Å²) in [5.41, 5.74) is 2.39. The van der Waals surface area contributed by atoms with Gasteiger partial charge in [-0.15, -0.1) is 0 Å². The first-order valence-corrected chi connectivity index (χ1v) is 9.15. The van der Waals surface area contributed by atoms with E-state index in [1.54, 1.807) is 28.9 Å². The van der Waals surface area contributed by atoms with Crippen molar-refractivity contribution in [3.8, 4) is 17.6 Å². The molecule has 2 aliphatic rings. The lowest BCUT2D eigenvalue weighted by Crippen LogP contribution is -2.21. The van der Waals surface area contributed by atoms with E-state index in [0.29, 0.717) is 29.6 Å². The van der Waals surface area contributed by atoms with E-state index < -0.39 is 12.0 Å². The molecule has 26 heavy (non-hydrogen) atoms. The van der Waals surface area contributed by atoms with Gasteiger partial charge in [-0.05, 0) is 56.4 Å². The van der Waals surface area contributed by atoms with Crippen LogP contribution in [0.3, 0.4) is 0 Å². The van der Waals surface area contributed by atoms with Gasteiger partial charge in [0.1, 0.15) is 17.5 Å². The summed E-state index contributed by atoms with van der Waals surface area (Å²) in [6.07, 6.45) is 4.69. The summed E-state index contributed by atoms with van der Waals surface area (Å²) in [7, 11) is 0. The van der Waals surface area contributed by atoms with E-state index in [2.05, 4.69) is 6.07 Å². The smallest absolute Gasteiger partial charge is 0.328 e. The second-order valence-electron chi connectivity index (χ2n) is 7.09. The van der Waals surface area contributed by atoms with Crippen LogP contribution in [0.4, 0.5) is 0 Å². The van der Waals surface area contributed by atoms with Crippen LogP contribution >= 0.6 is 0 Å². The molecule has 4 rings (SSSR count). The number of benzene rings is 1. The van der Waals surface area contributed by atoms with Gasteiger partial charge in [-0.1, -0.05) is 6.92 Å². The van der Waals surface area contributed by atoms with Crippen molar-refractivity contribution in [2.45, 2.75) is 56.9 Å². The first-order chi connectivity index (χ1) is 12.6. The maximum absolute atomic E-state index is 11.7. The van der Waals surface area contributed by atoms with E-state index >= 15 is 0 Å². The number of aliphatic carboxylic acids is 1. The molecule has 1 aromatic carbocycles. The fourth-order valence-corrected chi connectivity index (χ4v) is 3.31. The van der Waals surface area contributed by atoms with Gasteiger partial charge in [-0.3, -0.25) is 4.68 Å². The average molecular weight is 351 g/mol. The summed E-state index contributed by atoms with van der Waals surface area (Å²) in [5.74, 6) is 1.20. The zero-order chi connectivity index (χ0) is 18.3. The number of carbonyl (C=O) groups is 1. The van der Waals surface area contributed by atoms with E-state index in [0.717, 1.165) is 42.8 Å². The normalized spacial score (nSPS) is 17.5. The Balaban J connectivity index is 1.77. The summed E-state index contributed by atoms with van der Waals surface area (Å²) in [6.45, 7) is 1.87. The lowest BCUT2D eigenvalue weighted by atomic mass is 10.1. The van der Waals surface area contributed by atoms with Gasteiger partial charge in [0.25, 0.3) is 0 Å². The van der Waals surface area contributed by atoms with E-state index in [-0.39, 0.29) is 0 Å². The minimum Gasteiger partial charge on any atom is -0.480 e. The highest BCUT2D eigenvalue weighted by Gasteiger charge is 2.40. The number of hydrogen-bond donors (Lipinski definition) is 1. The molecule has 0 spiro atoms. The highest BCUT2D eigenvalue weighted by Crippen LogP contribution is 2.52. The summed E-state index contributed by atoms with van der Waals surface area (Å²) >= 11 is 0. The molecule has 1 aromatic heterocycles. The number of ether oxygens (including phenoxy) is 1. The largest absolute Gasteiger partial charge is 0.480 e. The van der Waals surface area contributed by atoms with Crippen LogP contribution in [-0.4, -0.2) is 20.9 Å². The molecule has 134 valence electrons. The van der Waals surface area contributed by atoms with Crippen molar-refractivity contribution in [3.63, 3.8) is 0 Å². The number of nitrogens with zero attached hydrogens (tertiary/aromatic N) is 3. The second-order valence-corrected chi connectivity index (χ2v) is 7.09. The van der Waals surface area contributed by atoms with Crippen LogP contribution in [-0.2, 0) is 4.79 Å². The Morgan fingerprint density at radius 1 is 1.31 bits per heavy atom. The number of nitriles is 1. The lowest BCUT2D eigenvalue weighted by molar-refractivity contribution is -0.141. The summed E-state index contributed by atoms with van der Waals surface area (Å²) < 4.78 is 7.91. The first-order valence-electron chi connectivity index (χ1n) is 9.15. The summed E-state index contributed by atoms with van der Waals surface area (Å²) in [5, 5.41) is 23.3. The van der Waals surface area contributed by atoms with Crippen molar-refractivity contribution < 1.29 is 14.6 Å². The van der Waals surface area contributed by atoms with Crippen LogP contribution in [0.2, 0.25) is 0 Å². The highest BCUT2D eigenvalue weighted by atomic mass is 16.5. The molecule has 6 heteroatoms. The Bertz CT molecular complexity index is 871. The SMILES string of the molecule is CCC(C(=O)O)n1nc(C2CC2)c(Oc2ccc(C#N)cc2)c1C1CC1. The van der Waals surface area contributed by atoms with Gasteiger partial charge in [-0.2, -0.15) is 10.4 Å². The van der Waals surface area contributed by atoms with Crippen molar-refractivity contribution in [1.29, 1.82) is 5.26 Å². The Labute approximate surface area is 152 Å². The van der Waals surface area contributed by atoms with Gasteiger partial charge < -0.3 is 9.84 Å². The Morgan fingerprint density at radius 3 is 2.46 bits per heavy atom. The predicted octanol–water partition coefficient (Wildman–Crippen LogP) is 4.34. The van der Waals surface area contributed by atoms with Gasteiger partial charge in [0.2, 0.25) is 0 Å². The van der Waals surface area contributed by atoms with Crippen molar-refractivity contribution in [2.24, 2.45) is 0 Å². The van der Waals surface area contributed by atoms with Crippen LogP contribution in [0, 0.1) is 11.3 Å². The molecule has 0 radical (unpaired) electrons. The number of carboxylic acids is 1. The Kier molecular flexibility index (Phi) is 4.15. The molecule has 0 saturated heterocycles. The third-order valence-corrected chi connectivity index (χ3v) is 5.03. The monoisotopic (exact) mass is 351 g/mol. The third kappa shape index (κ3) is 3.05. The molecule has 1 heterocycles. The average Bonchev–Trinajstić information content (AvgIpc) is 3.55. The molecule has 0 bridgehead atoms. The fourth-order valence-electron chi connectivity index (χ4n) is 3.31. The molecule has 0 amide bonds.